The lowest BCUT2D eigenvalue weighted by Crippen LogP contribution is -2.38. The molecule has 2 aliphatic heterocycles. The highest BCUT2D eigenvalue weighted by atomic mass is 32.1. The number of aryl methyl sites for hydroxylation is 1. The van der Waals surface area contributed by atoms with E-state index in [1.54, 1.807) is 0 Å². The molecule has 1 N–H and O–H groups in total. The highest BCUT2D eigenvalue weighted by Gasteiger charge is 2.44. The van der Waals surface area contributed by atoms with E-state index in [0.717, 1.165) is 36.6 Å². The van der Waals surface area contributed by atoms with Crippen molar-refractivity contribution < 1.29 is 4.79 Å². The van der Waals surface area contributed by atoms with Gasteiger partial charge in [-0.05, 0) is 36.7 Å². The van der Waals surface area contributed by atoms with Gasteiger partial charge < -0.3 is 10.2 Å². The van der Waals surface area contributed by atoms with Crippen molar-refractivity contribution in [3.05, 3.63) is 10.6 Å². The van der Waals surface area contributed by atoms with Gasteiger partial charge in [-0.2, -0.15) is 0 Å². The van der Waals surface area contributed by atoms with Crippen molar-refractivity contribution in [3.8, 4) is 0 Å². The Balaban J connectivity index is 1.81. The normalized spacial score (nSPS) is 30.8. The molecular weight excluding hydrogens is 248 g/mol. The monoisotopic (exact) mass is 266 g/mol. The number of hydrogen-bond acceptors (Lipinski definition) is 5. The van der Waals surface area contributed by atoms with Crippen LogP contribution in [-0.2, 0) is 6.42 Å². The number of likely N-dealkylation sites (tertiary alicyclic amines) is 1. The molecule has 5 nitrogen and oxygen atoms in total. The second-order valence-electron chi connectivity index (χ2n) is 5.18. The zero-order valence-corrected chi connectivity index (χ0v) is 11.5. The Bertz CT molecular complexity index is 461. The van der Waals surface area contributed by atoms with E-state index in [9.17, 15) is 4.79 Å². The Hall–Kier alpha value is -1.01. The van der Waals surface area contributed by atoms with Crippen LogP contribution >= 0.6 is 11.5 Å². The van der Waals surface area contributed by atoms with Gasteiger partial charge in [-0.15, -0.1) is 5.10 Å². The van der Waals surface area contributed by atoms with Crippen LogP contribution in [0.2, 0.25) is 0 Å². The smallest absolute Gasteiger partial charge is 0.267 e. The first-order chi connectivity index (χ1) is 8.72. The molecule has 98 valence electrons. The van der Waals surface area contributed by atoms with Gasteiger partial charge in [0.15, 0.2) is 0 Å². The Labute approximate surface area is 111 Å². The summed E-state index contributed by atoms with van der Waals surface area (Å²) in [6, 6.07) is 0.323. The molecule has 0 aromatic carbocycles. The zero-order valence-electron chi connectivity index (χ0n) is 10.7. The number of fused-ring (bicyclic) bond motifs is 1. The Kier molecular flexibility index (Phi) is 3.07. The Morgan fingerprint density at radius 1 is 1.56 bits per heavy atom. The number of nitrogens with one attached hydrogen (secondary N) is 1. The van der Waals surface area contributed by atoms with Crippen LogP contribution in [0.4, 0.5) is 0 Å². The molecule has 0 bridgehead atoms. The van der Waals surface area contributed by atoms with Gasteiger partial charge in [0, 0.05) is 25.7 Å². The van der Waals surface area contributed by atoms with Crippen molar-refractivity contribution in [1.82, 2.24) is 19.8 Å². The average Bonchev–Trinajstić information content (AvgIpc) is 3.05. The lowest BCUT2D eigenvalue weighted by Gasteiger charge is -2.23. The van der Waals surface area contributed by atoms with Gasteiger partial charge in [0.05, 0.1) is 5.69 Å². The standard InChI is InChI=1S/C12H18N4OS/c1-3-10-11(18-15-14-10)12(17)16-6-8-4-13-5-9(8)7(16)2/h7-9,13H,3-6H2,1-2H3. The van der Waals surface area contributed by atoms with Crippen molar-refractivity contribution in [2.75, 3.05) is 19.6 Å². The molecule has 2 saturated heterocycles. The van der Waals surface area contributed by atoms with Crippen molar-refractivity contribution in [2.45, 2.75) is 26.3 Å². The SMILES string of the molecule is CCc1nnsc1C(=O)N1CC2CNCC2C1C. The van der Waals surface area contributed by atoms with Gasteiger partial charge in [-0.25, -0.2) is 0 Å². The van der Waals surface area contributed by atoms with Gasteiger partial charge in [-0.3, -0.25) is 4.79 Å². The fourth-order valence-electron chi connectivity index (χ4n) is 3.17. The maximum atomic E-state index is 12.6. The number of nitrogens with zero attached hydrogens (tertiary/aromatic N) is 3. The third-order valence-corrected chi connectivity index (χ3v) is 5.04. The second-order valence-corrected chi connectivity index (χ2v) is 5.94. The fraction of sp³-hybridized carbons (Fsp3) is 0.750. The van der Waals surface area contributed by atoms with Crippen LogP contribution in [0.3, 0.4) is 0 Å². The Morgan fingerprint density at radius 2 is 2.39 bits per heavy atom. The molecule has 1 amide bonds. The van der Waals surface area contributed by atoms with Crippen LogP contribution in [0, 0.1) is 11.8 Å². The van der Waals surface area contributed by atoms with Gasteiger partial charge >= 0.3 is 0 Å². The molecule has 0 saturated carbocycles. The lowest BCUT2D eigenvalue weighted by molar-refractivity contribution is 0.0732. The molecule has 2 aliphatic rings. The molecule has 2 fully saturated rings. The summed E-state index contributed by atoms with van der Waals surface area (Å²) < 4.78 is 3.91. The Morgan fingerprint density at radius 3 is 3.11 bits per heavy atom. The van der Waals surface area contributed by atoms with E-state index < -0.39 is 0 Å². The van der Waals surface area contributed by atoms with Gasteiger partial charge in [-0.1, -0.05) is 11.4 Å². The maximum Gasteiger partial charge on any atom is 0.267 e. The topological polar surface area (TPSA) is 58.1 Å². The van der Waals surface area contributed by atoms with Crippen LogP contribution < -0.4 is 5.32 Å². The largest absolute Gasteiger partial charge is 0.334 e. The van der Waals surface area contributed by atoms with Crippen molar-refractivity contribution >= 4 is 17.4 Å². The van der Waals surface area contributed by atoms with Crippen LogP contribution in [0.1, 0.15) is 29.2 Å². The molecule has 0 spiro atoms. The molecule has 3 atom stereocenters. The quantitative estimate of drug-likeness (QED) is 0.859. The summed E-state index contributed by atoms with van der Waals surface area (Å²) >= 11 is 1.23. The molecule has 1 aromatic heterocycles. The fourth-order valence-corrected chi connectivity index (χ4v) is 3.88. The van der Waals surface area contributed by atoms with E-state index in [4.69, 9.17) is 0 Å². The molecule has 0 aliphatic carbocycles. The van der Waals surface area contributed by atoms with Crippen molar-refractivity contribution in [1.29, 1.82) is 0 Å². The summed E-state index contributed by atoms with van der Waals surface area (Å²) in [7, 11) is 0. The highest BCUT2D eigenvalue weighted by molar-refractivity contribution is 7.08. The van der Waals surface area contributed by atoms with E-state index >= 15 is 0 Å². The summed E-state index contributed by atoms with van der Waals surface area (Å²) in [5.74, 6) is 1.36. The zero-order chi connectivity index (χ0) is 12.7. The molecule has 3 heterocycles. The van der Waals surface area contributed by atoms with E-state index in [1.807, 2.05) is 11.8 Å². The van der Waals surface area contributed by atoms with E-state index in [1.165, 1.54) is 11.5 Å². The molecule has 1 aromatic rings. The first-order valence-electron chi connectivity index (χ1n) is 6.55. The average molecular weight is 266 g/mol. The molecular formula is C12H18N4OS. The number of amides is 1. The highest BCUT2D eigenvalue weighted by Crippen LogP contribution is 2.33. The number of carbonyl (C=O) groups is 1. The first kappa shape index (κ1) is 12.0. The number of aromatic nitrogens is 2. The number of hydrogen-bond donors (Lipinski definition) is 1. The number of rotatable bonds is 2. The van der Waals surface area contributed by atoms with Crippen LogP contribution in [0.5, 0.6) is 0 Å². The summed E-state index contributed by atoms with van der Waals surface area (Å²) in [6.07, 6.45) is 0.772. The van der Waals surface area contributed by atoms with E-state index in [0.29, 0.717) is 17.9 Å². The molecule has 3 unspecified atom stereocenters. The van der Waals surface area contributed by atoms with Crippen LogP contribution in [0.25, 0.3) is 0 Å². The number of carbonyl (C=O) groups excluding carboxylic acids is 1. The van der Waals surface area contributed by atoms with Crippen LogP contribution in [0.15, 0.2) is 0 Å². The summed E-state index contributed by atoms with van der Waals surface area (Å²) in [5.41, 5.74) is 0.840. The molecule has 0 radical (unpaired) electrons. The molecule has 18 heavy (non-hydrogen) atoms. The van der Waals surface area contributed by atoms with E-state index in [-0.39, 0.29) is 5.91 Å². The minimum atomic E-state index is 0.128. The first-order valence-corrected chi connectivity index (χ1v) is 7.32. The third-order valence-electron chi connectivity index (χ3n) is 4.28. The minimum absolute atomic E-state index is 0.128. The summed E-state index contributed by atoms with van der Waals surface area (Å²) in [5, 5.41) is 7.44. The second kappa shape index (κ2) is 4.59. The molecule has 3 rings (SSSR count). The predicted octanol–water partition coefficient (Wildman–Crippen LogP) is 0.780. The summed E-state index contributed by atoms with van der Waals surface area (Å²) in [6.45, 7) is 7.13. The van der Waals surface area contributed by atoms with Crippen LogP contribution in [-0.4, -0.2) is 46.1 Å². The molecule has 6 heteroatoms. The van der Waals surface area contributed by atoms with Gasteiger partial charge in [0.25, 0.3) is 5.91 Å². The van der Waals surface area contributed by atoms with Gasteiger partial charge in [0.1, 0.15) is 4.88 Å². The van der Waals surface area contributed by atoms with Crippen molar-refractivity contribution in [2.24, 2.45) is 11.8 Å². The van der Waals surface area contributed by atoms with E-state index in [2.05, 4.69) is 21.8 Å². The van der Waals surface area contributed by atoms with Crippen molar-refractivity contribution in [3.63, 3.8) is 0 Å². The minimum Gasteiger partial charge on any atom is -0.334 e. The maximum absolute atomic E-state index is 12.6. The van der Waals surface area contributed by atoms with Gasteiger partial charge in [0.2, 0.25) is 0 Å². The third kappa shape index (κ3) is 1.75. The lowest BCUT2D eigenvalue weighted by atomic mass is 9.95. The summed E-state index contributed by atoms with van der Waals surface area (Å²) in [4.78, 5) is 15.3. The predicted molar refractivity (Wildman–Crippen MR) is 69.6 cm³/mol.